The summed E-state index contributed by atoms with van der Waals surface area (Å²) in [5, 5.41) is 3.68. The van der Waals surface area contributed by atoms with Crippen LogP contribution in [0.2, 0.25) is 0 Å². The lowest BCUT2D eigenvalue weighted by Crippen LogP contribution is -2.31. The molecule has 2 heteroatoms. The Bertz CT molecular complexity index is 391. The van der Waals surface area contributed by atoms with Crippen molar-refractivity contribution in [2.24, 2.45) is 5.92 Å². The van der Waals surface area contributed by atoms with Gasteiger partial charge in [0.2, 0.25) is 0 Å². The van der Waals surface area contributed by atoms with Crippen LogP contribution in [0.15, 0.2) is 24.3 Å². The van der Waals surface area contributed by atoms with E-state index in [4.69, 9.17) is 0 Å². The van der Waals surface area contributed by atoms with Crippen molar-refractivity contribution in [3.63, 3.8) is 0 Å². The summed E-state index contributed by atoms with van der Waals surface area (Å²) in [4.78, 5) is 0. The van der Waals surface area contributed by atoms with Gasteiger partial charge in [0, 0.05) is 12.1 Å². The monoisotopic (exact) mass is 263 g/mol. The normalized spacial score (nSPS) is 25.8. The zero-order chi connectivity index (χ0) is 13.7. The van der Waals surface area contributed by atoms with E-state index in [1.807, 2.05) is 6.07 Å². The molecule has 0 heterocycles. The molecule has 1 fully saturated rings. The van der Waals surface area contributed by atoms with Crippen LogP contribution in [-0.4, -0.2) is 6.04 Å². The highest BCUT2D eigenvalue weighted by molar-refractivity contribution is 5.19. The maximum absolute atomic E-state index is 13.2. The van der Waals surface area contributed by atoms with E-state index >= 15 is 0 Å². The van der Waals surface area contributed by atoms with E-state index in [1.54, 1.807) is 12.1 Å². The van der Waals surface area contributed by atoms with Gasteiger partial charge in [0.15, 0.2) is 0 Å². The number of benzene rings is 1. The number of nitrogens with one attached hydrogen (secondary N) is 1. The van der Waals surface area contributed by atoms with E-state index in [-0.39, 0.29) is 11.9 Å². The topological polar surface area (TPSA) is 12.0 Å². The van der Waals surface area contributed by atoms with Crippen molar-refractivity contribution >= 4 is 0 Å². The maximum Gasteiger partial charge on any atom is 0.123 e. The van der Waals surface area contributed by atoms with Crippen LogP contribution >= 0.6 is 0 Å². The second-order valence-corrected chi connectivity index (χ2v) is 5.92. The smallest absolute Gasteiger partial charge is 0.123 e. The van der Waals surface area contributed by atoms with Crippen LogP contribution in [0.1, 0.15) is 64.0 Å². The first-order chi connectivity index (χ1) is 9.19. The highest BCUT2D eigenvalue weighted by atomic mass is 19.1. The van der Waals surface area contributed by atoms with Crippen LogP contribution in [0.3, 0.4) is 0 Å². The third kappa shape index (κ3) is 4.31. The lowest BCUT2D eigenvalue weighted by molar-refractivity contribution is 0.399. The fourth-order valence-electron chi connectivity index (χ4n) is 3.18. The highest BCUT2D eigenvalue weighted by Crippen LogP contribution is 2.27. The Morgan fingerprint density at radius 1 is 1.26 bits per heavy atom. The lowest BCUT2D eigenvalue weighted by Gasteiger charge is -2.22. The largest absolute Gasteiger partial charge is 0.307 e. The second kappa shape index (κ2) is 7.04. The van der Waals surface area contributed by atoms with Crippen LogP contribution in [0.5, 0.6) is 0 Å². The van der Waals surface area contributed by atoms with Crippen molar-refractivity contribution < 1.29 is 4.39 Å². The first-order valence-corrected chi connectivity index (χ1v) is 7.70. The first kappa shape index (κ1) is 14.5. The van der Waals surface area contributed by atoms with Gasteiger partial charge < -0.3 is 5.32 Å². The summed E-state index contributed by atoms with van der Waals surface area (Å²) in [6, 6.07) is 7.78. The molecule has 0 aliphatic heterocycles. The van der Waals surface area contributed by atoms with E-state index in [9.17, 15) is 4.39 Å². The molecule has 1 N–H and O–H groups in total. The minimum Gasteiger partial charge on any atom is -0.307 e. The fraction of sp³-hybridized carbons (Fsp3) is 0.647. The molecule has 0 bridgehead atoms. The Morgan fingerprint density at radius 3 is 2.84 bits per heavy atom. The molecule has 0 spiro atoms. The first-order valence-electron chi connectivity index (χ1n) is 7.70. The molecule has 1 aromatic rings. The Hall–Kier alpha value is -0.890. The molecule has 0 amide bonds. The molecule has 3 atom stereocenters. The van der Waals surface area contributed by atoms with E-state index < -0.39 is 0 Å². The Morgan fingerprint density at radius 2 is 2.11 bits per heavy atom. The van der Waals surface area contributed by atoms with E-state index in [0.29, 0.717) is 6.04 Å². The Kier molecular flexibility index (Phi) is 5.38. The molecule has 1 aliphatic carbocycles. The minimum absolute atomic E-state index is 0.141. The van der Waals surface area contributed by atoms with Crippen molar-refractivity contribution in [2.45, 2.75) is 64.5 Å². The molecule has 1 aliphatic rings. The molecule has 106 valence electrons. The van der Waals surface area contributed by atoms with Gasteiger partial charge in [-0.05, 0) is 49.8 Å². The van der Waals surface area contributed by atoms with Crippen molar-refractivity contribution in [2.75, 3.05) is 0 Å². The lowest BCUT2D eigenvalue weighted by atomic mass is 9.97. The fourth-order valence-corrected chi connectivity index (χ4v) is 3.18. The van der Waals surface area contributed by atoms with Gasteiger partial charge in [-0.15, -0.1) is 0 Å². The number of hydrogen-bond acceptors (Lipinski definition) is 1. The van der Waals surface area contributed by atoms with Crippen molar-refractivity contribution in [3.05, 3.63) is 35.6 Å². The van der Waals surface area contributed by atoms with E-state index in [2.05, 4.69) is 19.2 Å². The van der Waals surface area contributed by atoms with Crippen LogP contribution in [0.25, 0.3) is 0 Å². The third-order valence-electron chi connectivity index (χ3n) is 4.50. The number of halogens is 1. The van der Waals surface area contributed by atoms with E-state index in [1.165, 1.54) is 44.6 Å². The maximum atomic E-state index is 13.2. The van der Waals surface area contributed by atoms with Gasteiger partial charge in [0.1, 0.15) is 5.82 Å². The molecule has 2 unspecified atom stereocenters. The van der Waals surface area contributed by atoms with Crippen molar-refractivity contribution in [3.8, 4) is 0 Å². The summed E-state index contributed by atoms with van der Waals surface area (Å²) >= 11 is 0. The molecule has 0 aromatic heterocycles. The second-order valence-electron chi connectivity index (χ2n) is 5.92. The molecule has 1 saturated carbocycles. The van der Waals surface area contributed by atoms with Crippen LogP contribution < -0.4 is 5.32 Å². The summed E-state index contributed by atoms with van der Waals surface area (Å²) in [6.45, 7) is 4.44. The zero-order valence-electron chi connectivity index (χ0n) is 12.2. The van der Waals surface area contributed by atoms with Gasteiger partial charge in [-0.2, -0.15) is 0 Å². The third-order valence-corrected chi connectivity index (χ3v) is 4.50. The van der Waals surface area contributed by atoms with Gasteiger partial charge >= 0.3 is 0 Å². The van der Waals surface area contributed by atoms with Crippen LogP contribution in [0.4, 0.5) is 4.39 Å². The average Bonchev–Trinajstić information content (AvgIpc) is 2.64. The Balaban J connectivity index is 1.90. The average molecular weight is 263 g/mol. The van der Waals surface area contributed by atoms with E-state index in [0.717, 1.165) is 11.5 Å². The van der Waals surface area contributed by atoms with Crippen molar-refractivity contribution in [1.82, 2.24) is 5.32 Å². The molecule has 1 aromatic carbocycles. The molecular weight excluding hydrogens is 237 g/mol. The van der Waals surface area contributed by atoms with Crippen molar-refractivity contribution in [1.29, 1.82) is 0 Å². The highest BCUT2D eigenvalue weighted by Gasteiger charge is 2.19. The summed E-state index contributed by atoms with van der Waals surface area (Å²) in [6.07, 6.45) is 7.87. The van der Waals surface area contributed by atoms with Crippen LogP contribution in [-0.2, 0) is 0 Å². The summed E-state index contributed by atoms with van der Waals surface area (Å²) in [7, 11) is 0. The molecule has 0 radical (unpaired) electrons. The number of rotatable bonds is 4. The SMILES string of the molecule is CCC1CCCC(N[C@@H](C)c2cccc(F)c2)CC1. The van der Waals surface area contributed by atoms with Gasteiger partial charge in [-0.25, -0.2) is 4.39 Å². The molecule has 19 heavy (non-hydrogen) atoms. The predicted molar refractivity (Wildman–Crippen MR) is 78.6 cm³/mol. The van der Waals surface area contributed by atoms with Crippen LogP contribution in [0, 0.1) is 11.7 Å². The van der Waals surface area contributed by atoms with Gasteiger partial charge in [-0.1, -0.05) is 38.3 Å². The standard InChI is InChI=1S/C17H26FN/c1-3-14-6-4-9-17(11-10-14)19-13(2)15-7-5-8-16(18)12-15/h5,7-8,12-14,17,19H,3-4,6,9-11H2,1-2H3/t13-,14?,17?/m0/s1. The molecule has 2 rings (SSSR count). The number of hydrogen-bond donors (Lipinski definition) is 1. The minimum atomic E-state index is -0.141. The van der Waals surface area contributed by atoms with Gasteiger partial charge in [0.05, 0.1) is 0 Å². The van der Waals surface area contributed by atoms with Gasteiger partial charge in [0.25, 0.3) is 0 Å². The summed E-state index contributed by atoms with van der Waals surface area (Å²) in [5.74, 6) is 0.773. The quantitative estimate of drug-likeness (QED) is 0.767. The molecule has 1 nitrogen and oxygen atoms in total. The Labute approximate surface area is 116 Å². The predicted octanol–water partition coefficient (Wildman–Crippen LogP) is 4.84. The summed E-state index contributed by atoms with van der Waals surface area (Å²) in [5.41, 5.74) is 1.05. The molecular formula is C17H26FN. The zero-order valence-corrected chi connectivity index (χ0v) is 12.2. The van der Waals surface area contributed by atoms with Gasteiger partial charge in [-0.3, -0.25) is 0 Å². The molecule has 0 saturated heterocycles. The summed E-state index contributed by atoms with van der Waals surface area (Å²) < 4.78 is 13.2.